The number of ether oxygens (including phenoxy) is 1. The molecular weight excluding hydrogens is 495 g/mol. The van der Waals surface area contributed by atoms with Gasteiger partial charge >= 0.3 is 6.18 Å². The summed E-state index contributed by atoms with van der Waals surface area (Å²) in [6.45, 7) is 2.70. The molecule has 0 aliphatic heterocycles. The summed E-state index contributed by atoms with van der Waals surface area (Å²) in [6, 6.07) is 11.7. The molecule has 0 amide bonds. The van der Waals surface area contributed by atoms with Crippen LogP contribution in [0.15, 0.2) is 55.0 Å². The van der Waals surface area contributed by atoms with E-state index in [2.05, 4.69) is 31.0 Å². The van der Waals surface area contributed by atoms with E-state index < -0.39 is 11.7 Å². The number of nitriles is 1. The third-order valence-corrected chi connectivity index (χ3v) is 5.92. The van der Waals surface area contributed by atoms with Crippen LogP contribution < -0.4 is 10.6 Å². The van der Waals surface area contributed by atoms with Gasteiger partial charge in [0, 0.05) is 36.3 Å². The fourth-order valence-corrected chi connectivity index (χ4v) is 4.09. The zero-order valence-electron chi connectivity index (χ0n) is 20.7. The van der Waals surface area contributed by atoms with Gasteiger partial charge in [-0.3, -0.25) is 5.10 Å². The first-order valence-electron chi connectivity index (χ1n) is 12.3. The number of aromatic amines is 1. The van der Waals surface area contributed by atoms with Crippen LogP contribution in [-0.4, -0.2) is 46.7 Å². The Morgan fingerprint density at radius 2 is 1.82 bits per heavy atom. The van der Waals surface area contributed by atoms with Gasteiger partial charge in [-0.1, -0.05) is 6.07 Å². The van der Waals surface area contributed by atoms with Crippen molar-refractivity contribution >= 4 is 16.6 Å². The molecule has 0 saturated heterocycles. The Balaban J connectivity index is 1.15. The van der Waals surface area contributed by atoms with Crippen LogP contribution in [0.5, 0.6) is 0 Å². The van der Waals surface area contributed by atoms with Crippen LogP contribution in [0.25, 0.3) is 22.0 Å². The number of nitrogens with zero attached hydrogens (tertiary/aromatic N) is 4. The van der Waals surface area contributed by atoms with E-state index in [1.807, 2.05) is 24.3 Å². The molecular formula is C27H28F3N7O. The Morgan fingerprint density at radius 1 is 0.947 bits per heavy atom. The van der Waals surface area contributed by atoms with Crippen LogP contribution in [0.3, 0.4) is 0 Å². The van der Waals surface area contributed by atoms with Crippen molar-refractivity contribution in [2.45, 2.75) is 32.0 Å². The van der Waals surface area contributed by atoms with Gasteiger partial charge in [-0.2, -0.15) is 33.7 Å². The molecule has 8 nitrogen and oxygen atoms in total. The summed E-state index contributed by atoms with van der Waals surface area (Å²) in [5.41, 5.74) is 3.99. The van der Waals surface area contributed by atoms with E-state index in [1.54, 1.807) is 24.7 Å². The summed E-state index contributed by atoms with van der Waals surface area (Å²) in [7, 11) is 0. The van der Waals surface area contributed by atoms with Gasteiger partial charge in [-0.15, -0.1) is 0 Å². The summed E-state index contributed by atoms with van der Waals surface area (Å²) in [5, 5.41) is 31.3. The summed E-state index contributed by atoms with van der Waals surface area (Å²) in [5.74, 6) is 0. The zero-order chi connectivity index (χ0) is 26.8. The molecule has 0 bridgehead atoms. The van der Waals surface area contributed by atoms with Crippen molar-refractivity contribution in [1.29, 1.82) is 5.26 Å². The van der Waals surface area contributed by atoms with Crippen molar-refractivity contribution in [3.63, 3.8) is 0 Å². The number of rotatable bonds is 13. The van der Waals surface area contributed by atoms with Gasteiger partial charge in [0.05, 0.1) is 48.8 Å². The van der Waals surface area contributed by atoms with Crippen LogP contribution in [0.2, 0.25) is 0 Å². The van der Waals surface area contributed by atoms with Gasteiger partial charge < -0.3 is 15.4 Å². The van der Waals surface area contributed by atoms with Crippen LogP contribution in [0, 0.1) is 11.3 Å². The van der Waals surface area contributed by atoms with Crippen molar-refractivity contribution < 1.29 is 17.9 Å². The molecule has 2 aromatic carbocycles. The van der Waals surface area contributed by atoms with Crippen LogP contribution in [0.1, 0.15) is 29.5 Å². The zero-order valence-corrected chi connectivity index (χ0v) is 20.7. The number of hydrogen-bond donors (Lipinski definition) is 3. The van der Waals surface area contributed by atoms with Crippen molar-refractivity contribution in [3.05, 3.63) is 71.7 Å². The molecule has 0 spiro atoms. The highest BCUT2D eigenvalue weighted by Crippen LogP contribution is 2.31. The maximum Gasteiger partial charge on any atom is 0.416 e. The molecule has 38 heavy (non-hydrogen) atoms. The number of nitrogens with one attached hydrogen (secondary N) is 3. The van der Waals surface area contributed by atoms with Gasteiger partial charge in [0.2, 0.25) is 0 Å². The largest absolute Gasteiger partial charge is 0.416 e. The highest BCUT2D eigenvalue weighted by atomic mass is 19.4. The third-order valence-electron chi connectivity index (χ3n) is 5.92. The molecule has 0 fully saturated rings. The lowest BCUT2D eigenvalue weighted by molar-refractivity contribution is -0.137. The average molecular weight is 524 g/mol. The maximum absolute atomic E-state index is 13.1. The average Bonchev–Trinajstić information content (AvgIpc) is 3.39. The van der Waals surface area contributed by atoms with Gasteiger partial charge in [0.1, 0.15) is 0 Å². The molecule has 11 heteroatoms. The van der Waals surface area contributed by atoms with Gasteiger partial charge in [0.25, 0.3) is 0 Å². The van der Waals surface area contributed by atoms with E-state index in [9.17, 15) is 13.2 Å². The molecule has 2 aromatic heterocycles. The lowest BCUT2D eigenvalue weighted by Gasteiger charge is -2.12. The molecule has 3 N–H and O–H groups in total. The SMILES string of the molecule is N#CCc1cc(CNCCCCOCCNc2cc(-c3ccnnc3)cc3[nH]ncc23)cc(C(F)(F)F)c1. The molecule has 2 heterocycles. The molecule has 4 rings (SSSR count). The number of benzene rings is 2. The monoisotopic (exact) mass is 523 g/mol. The predicted octanol–water partition coefficient (Wildman–Crippen LogP) is 5.10. The number of anilines is 1. The second-order valence-corrected chi connectivity index (χ2v) is 8.78. The molecule has 198 valence electrons. The first-order chi connectivity index (χ1) is 18.4. The summed E-state index contributed by atoms with van der Waals surface area (Å²) in [6.07, 6.45) is 2.32. The molecule has 0 atom stereocenters. The number of halogens is 3. The van der Waals surface area contributed by atoms with Crippen LogP contribution >= 0.6 is 0 Å². The topological polar surface area (TPSA) is 112 Å². The minimum absolute atomic E-state index is 0.0519. The minimum atomic E-state index is -4.43. The van der Waals surface area contributed by atoms with E-state index in [-0.39, 0.29) is 6.42 Å². The molecule has 4 aromatic rings. The Morgan fingerprint density at radius 3 is 2.61 bits per heavy atom. The Labute approximate surface area is 218 Å². The summed E-state index contributed by atoms with van der Waals surface area (Å²) >= 11 is 0. The number of aromatic nitrogens is 4. The number of H-pyrrole nitrogens is 1. The van der Waals surface area contributed by atoms with E-state index in [4.69, 9.17) is 10.00 Å². The van der Waals surface area contributed by atoms with Crippen molar-refractivity contribution in [2.24, 2.45) is 0 Å². The smallest absolute Gasteiger partial charge is 0.382 e. The molecule has 0 radical (unpaired) electrons. The van der Waals surface area contributed by atoms with Crippen molar-refractivity contribution in [3.8, 4) is 17.2 Å². The van der Waals surface area contributed by atoms with Crippen LogP contribution in [-0.2, 0) is 23.9 Å². The first kappa shape index (κ1) is 27.0. The number of alkyl halides is 3. The van der Waals surface area contributed by atoms with E-state index in [1.165, 1.54) is 0 Å². The summed E-state index contributed by atoms with van der Waals surface area (Å²) in [4.78, 5) is 0. The van der Waals surface area contributed by atoms with Crippen molar-refractivity contribution in [2.75, 3.05) is 31.6 Å². The normalized spacial score (nSPS) is 11.5. The number of unbranched alkanes of at least 4 members (excludes halogenated alkanes) is 1. The molecule has 0 aliphatic carbocycles. The molecule has 0 unspecified atom stereocenters. The minimum Gasteiger partial charge on any atom is -0.382 e. The fourth-order valence-electron chi connectivity index (χ4n) is 4.09. The third kappa shape index (κ3) is 7.50. The number of hydrogen-bond acceptors (Lipinski definition) is 7. The second kappa shape index (κ2) is 13.0. The maximum atomic E-state index is 13.1. The predicted molar refractivity (Wildman–Crippen MR) is 138 cm³/mol. The lowest BCUT2D eigenvalue weighted by atomic mass is 10.0. The highest BCUT2D eigenvalue weighted by molar-refractivity contribution is 5.95. The van der Waals surface area contributed by atoms with Crippen LogP contribution in [0.4, 0.5) is 18.9 Å². The highest BCUT2D eigenvalue weighted by Gasteiger charge is 2.31. The molecule has 0 aliphatic rings. The van der Waals surface area contributed by atoms with Gasteiger partial charge in [-0.05, 0) is 66.4 Å². The van der Waals surface area contributed by atoms with Crippen molar-refractivity contribution in [1.82, 2.24) is 25.7 Å². The second-order valence-electron chi connectivity index (χ2n) is 8.78. The lowest BCUT2D eigenvalue weighted by Crippen LogP contribution is -2.17. The Kier molecular flexibility index (Phi) is 9.24. The molecule has 0 saturated carbocycles. The van der Waals surface area contributed by atoms with E-state index in [0.29, 0.717) is 44.0 Å². The Hall–Kier alpha value is -4.01. The Bertz CT molecular complexity index is 1370. The quantitative estimate of drug-likeness (QED) is 0.209. The van der Waals surface area contributed by atoms with Gasteiger partial charge in [-0.25, -0.2) is 0 Å². The van der Waals surface area contributed by atoms with E-state index in [0.717, 1.165) is 52.7 Å². The van der Waals surface area contributed by atoms with Gasteiger partial charge in [0.15, 0.2) is 0 Å². The van der Waals surface area contributed by atoms with E-state index >= 15 is 0 Å². The summed E-state index contributed by atoms with van der Waals surface area (Å²) < 4.78 is 45.1. The standard InChI is InChI=1S/C27H28F3N7O/c28-27(29,30)23-12-19(3-5-31)11-20(13-23)16-32-6-1-2-9-38-10-8-33-25-14-22(21-4-7-34-35-17-21)15-26-24(25)18-36-37-26/h4,7,11-15,17-18,32-33H,1-3,6,8-10,16H2,(H,36,37). The first-order valence-corrected chi connectivity index (χ1v) is 12.3. The fraction of sp³-hybridized carbons (Fsp3) is 0.333. The number of fused-ring (bicyclic) bond motifs is 1.